The molecule has 1 aromatic rings. The topological polar surface area (TPSA) is 67.6 Å². The number of carbonyl (C=O) groups is 1. The van der Waals surface area contributed by atoms with Crippen LogP contribution in [0.4, 0.5) is 20.2 Å². The first-order chi connectivity index (χ1) is 9.84. The average molecular weight is 297 g/mol. The number of ether oxygens (including phenoxy) is 1. The van der Waals surface area contributed by atoms with Gasteiger partial charge in [0.1, 0.15) is 0 Å². The van der Waals surface area contributed by atoms with Crippen molar-refractivity contribution >= 4 is 23.4 Å². The Hall–Kier alpha value is -2.31. The van der Waals surface area contributed by atoms with Gasteiger partial charge in [0.05, 0.1) is 12.2 Å². The van der Waals surface area contributed by atoms with Crippen molar-refractivity contribution in [2.45, 2.75) is 5.92 Å². The molecule has 1 aromatic carbocycles. The summed E-state index contributed by atoms with van der Waals surface area (Å²) >= 11 is 0. The minimum absolute atomic E-state index is 0.152. The van der Waals surface area contributed by atoms with Crippen molar-refractivity contribution in [1.29, 1.82) is 0 Å². The maximum atomic E-state index is 13.4. The molecule has 0 saturated heterocycles. The largest absolute Gasteiger partial charge is 0.482 e. The molecule has 7 heteroatoms. The summed E-state index contributed by atoms with van der Waals surface area (Å²) in [6.07, 6.45) is 0.423. The molecule has 114 valence electrons. The van der Waals surface area contributed by atoms with Crippen LogP contribution < -0.4 is 16.0 Å². The van der Waals surface area contributed by atoms with E-state index in [1.54, 1.807) is 23.1 Å². The molecule has 1 heterocycles. The third kappa shape index (κ3) is 3.24. The fourth-order valence-electron chi connectivity index (χ4n) is 2.08. The fourth-order valence-corrected chi connectivity index (χ4v) is 2.08. The zero-order chi connectivity index (χ0) is 15.6. The number of aldehydes is 1. The number of hydrogen-bond acceptors (Lipinski definition) is 5. The van der Waals surface area contributed by atoms with Crippen molar-refractivity contribution in [3.63, 3.8) is 0 Å². The highest BCUT2D eigenvalue weighted by Gasteiger charge is 2.34. The summed E-state index contributed by atoms with van der Waals surface area (Å²) in [5, 5.41) is 2.60. The Balaban J connectivity index is 2.54. The molecule has 0 saturated carbocycles. The predicted molar refractivity (Wildman–Crippen MR) is 77.1 cm³/mol. The summed E-state index contributed by atoms with van der Waals surface area (Å²) in [5.74, 6) is -3.20. The first kappa shape index (κ1) is 15.1. The summed E-state index contributed by atoms with van der Waals surface area (Å²) < 4.78 is 31.8. The van der Waals surface area contributed by atoms with Crippen LogP contribution in [0.1, 0.15) is 5.56 Å². The van der Waals surface area contributed by atoms with E-state index in [-0.39, 0.29) is 11.5 Å². The smallest absolute Gasteiger partial charge is 0.298 e. The lowest BCUT2D eigenvalue weighted by Gasteiger charge is -2.20. The van der Waals surface area contributed by atoms with Gasteiger partial charge in [-0.15, -0.1) is 0 Å². The molecule has 0 aliphatic carbocycles. The van der Waals surface area contributed by atoms with Gasteiger partial charge < -0.3 is 20.7 Å². The van der Waals surface area contributed by atoms with Crippen molar-refractivity contribution < 1.29 is 18.3 Å². The van der Waals surface area contributed by atoms with E-state index in [0.29, 0.717) is 17.5 Å². The molecule has 1 aliphatic rings. The number of nitrogens with zero attached hydrogens (tertiary/aromatic N) is 1. The molecule has 3 N–H and O–H groups in total. The lowest BCUT2D eigenvalue weighted by atomic mass is 10.1. The Labute approximate surface area is 121 Å². The van der Waals surface area contributed by atoms with Gasteiger partial charge in [-0.25, -0.2) is 8.78 Å². The minimum atomic E-state index is -3.05. The molecular formula is C14H17F2N3O2. The summed E-state index contributed by atoms with van der Waals surface area (Å²) in [4.78, 5) is 13.0. The summed E-state index contributed by atoms with van der Waals surface area (Å²) in [6, 6.07) is 5.07. The molecule has 0 radical (unpaired) electrons. The van der Waals surface area contributed by atoms with Gasteiger partial charge in [0.15, 0.2) is 18.7 Å². The van der Waals surface area contributed by atoms with E-state index in [1.165, 1.54) is 0 Å². The van der Waals surface area contributed by atoms with Crippen LogP contribution in [0.25, 0.3) is 5.70 Å². The zero-order valence-electron chi connectivity index (χ0n) is 11.8. The van der Waals surface area contributed by atoms with Gasteiger partial charge in [0.2, 0.25) is 0 Å². The maximum Gasteiger partial charge on any atom is 0.298 e. The van der Waals surface area contributed by atoms with Crippen LogP contribution in [0.2, 0.25) is 0 Å². The van der Waals surface area contributed by atoms with Crippen molar-refractivity contribution in [3.05, 3.63) is 29.5 Å². The van der Waals surface area contributed by atoms with E-state index in [2.05, 4.69) is 5.32 Å². The lowest BCUT2D eigenvalue weighted by molar-refractivity contribution is -0.109. The van der Waals surface area contributed by atoms with Gasteiger partial charge in [-0.2, -0.15) is 0 Å². The number of benzene rings is 1. The third-order valence-corrected chi connectivity index (χ3v) is 3.09. The fraction of sp³-hybridized carbons (Fsp3) is 0.357. The van der Waals surface area contributed by atoms with Gasteiger partial charge in [-0.05, 0) is 18.2 Å². The van der Waals surface area contributed by atoms with Crippen LogP contribution >= 0.6 is 0 Å². The molecule has 0 amide bonds. The average Bonchev–Trinajstić information content (AvgIpc) is 2.56. The molecule has 1 aliphatic heterocycles. The molecule has 0 fully saturated rings. The molecule has 0 aromatic heterocycles. The van der Waals surface area contributed by atoms with Gasteiger partial charge in [-0.3, -0.25) is 4.79 Å². The Morgan fingerprint density at radius 2 is 2.14 bits per heavy atom. The van der Waals surface area contributed by atoms with E-state index in [1.807, 2.05) is 14.1 Å². The molecule has 0 unspecified atom stereocenters. The maximum absolute atomic E-state index is 13.4. The molecule has 0 spiro atoms. The number of rotatable bonds is 3. The number of allylic oxidation sites excluding steroid dienone is 1. The van der Waals surface area contributed by atoms with Crippen molar-refractivity contribution in [2.75, 3.05) is 37.9 Å². The second-order valence-corrected chi connectivity index (χ2v) is 5.03. The Bertz CT molecular complexity index is 586. The van der Waals surface area contributed by atoms with E-state index in [4.69, 9.17) is 10.5 Å². The Morgan fingerprint density at radius 3 is 2.76 bits per heavy atom. The second kappa shape index (κ2) is 5.59. The summed E-state index contributed by atoms with van der Waals surface area (Å²) in [6.45, 7) is -1.45. The van der Waals surface area contributed by atoms with Gasteiger partial charge in [0, 0.05) is 31.0 Å². The molecular weight excluding hydrogens is 280 g/mol. The first-order valence-electron chi connectivity index (χ1n) is 6.35. The standard InChI is InChI=1S/C14H17F2N3O2/c1-19(2)11-4-3-9(17)5-10(11)13-12(6-20)21-8-14(15,16)7-18-13/h3-6,18H,7-8,17H2,1-2H3. The van der Waals surface area contributed by atoms with E-state index in [9.17, 15) is 13.6 Å². The second-order valence-electron chi connectivity index (χ2n) is 5.03. The van der Waals surface area contributed by atoms with Crippen molar-refractivity contribution in [3.8, 4) is 0 Å². The number of alkyl halides is 2. The van der Waals surface area contributed by atoms with E-state index in [0.717, 1.165) is 5.69 Å². The van der Waals surface area contributed by atoms with Crippen LogP contribution in [-0.4, -0.2) is 39.5 Å². The Kier molecular flexibility index (Phi) is 4.02. The number of carbonyl (C=O) groups excluding carboxylic acids is 1. The number of nitrogen functional groups attached to an aromatic ring is 1. The summed E-state index contributed by atoms with van der Waals surface area (Å²) in [7, 11) is 3.62. The number of halogens is 2. The highest BCUT2D eigenvalue weighted by atomic mass is 19.3. The van der Waals surface area contributed by atoms with Crippen LogP contribution in [0.5, 0.6) is 0 Å². The molecule has 2 rings (SSSR count). The molecule has 5 nitrogen and oxygen atoms in total. The van der Waals surface area contributed by atoms with E-state index < -0.39 is 19.1 Å². The van der Waals surface area contributed by atoms with E-state index >= 15 is 0 Å². The predicted octanol–water partition coefficient (Wildman–Crippen LogP) is 1.46. The quantitative estimate of drug-likeness (QED) is 0.653. The first-order valence-corrected chi connectivity index (χ1v) is 6.35. The normalized spacial score (nSPS) is 17.5. The van der Waals surface area contributed by atoms with Crippen LogP contribution in [0, 0.1) is 0 Å². The lowest BCUT2D eigenvalue weighted by Crippen LogP contribution is -2.33. The van der Waals surface area contributed by atoms with Crippen LogP contribution in [-0.2, 0) is 9.53 Å². The minimum Gasteiger partial charge on any atom is -0.482 e. The highest BCUT2D eigenvalue weighted by Crippen LogP contribution is 2.31. The van der Waals surface area contributed by atoms with Crippen molar-refractivity contribution in [2.24, 2.45) is 0 Å². The third-order valence-electron chi connectivity index (χ3n) is 3.09. The monoisotopic (exact) mass is 297 g/mol. The SMILES string of the molecule is CN(C)c1ccc(N)cc1C1=C(C=O)OCC(F)(F)CN1. The number of nitrogens with two attached hydrogens (primary N) is 1. The molecule has 0 bridgehead atoms. The van der Waals surface area contributed by atoms with Gasteiger partial charge >= 0.3 is 0 Å². The number of hydrogen-bond donors (Lipinski definition) is 2. The zero-order valence-corrected chi connectivity index (χ0v) is 11.8. The van der Waals surface area contributed by atoms with Gasteiger partial charge in [-0.1, -0.05) is 0 Å². The van der Waals surface area contributed by atoms with Gasteiger partial charge in [0.25, 0.3) is 5.92 Å². The van der Waals surface area contributed by atoms with Crippen molar-refractivity contribution in [1.82, 2.24) is 5.32 Å². The Morgan fingerprint density at radius 1 is 1.43 bits per heavy atom. The van der Waals surface area contributed by atoms with Crippen LogP contribution in [0.15, 0.2) is 24.0 Å². The molecule has 0 atom stereocenters. The number of nitrogens with one attached hydrogen (secondary N) is 1. The van der Waals surface area contributed by atoms with Crippen LogP contribution in [0.3, 0.4) is 0 Å². The molecule has 21 heavy (non-hydrogen) atoms. The number of anilines is 2. The highest BCUT2D eigenvalue weighted by molar-refractivity contribution is 5.89. The summed E-state index contributed by atoms with van der Waals surface area (Å²) in [5.41, 5.74) is 7.73.